The van der Waals surface area contributed by atoms with Gasteiger partial charge in [-0.1, -0.05) is 122 Å². The second-order valence-corrected chi connectivity index (χ2v) is 22.3. The molecule has 0 radical (unpaired) electrons. The molecule has 2 atom stereocenters. The highest BCUT2D eigenvalue weighted by molar-refractivity contribution is 6.83. The summed E-state index contributed by atoms with van der Waals surface area (Å²) in [5, 5.41) is 2.72. The van der Waals surface area contributed by atoms with Crippen LogP contribution in [0.25, 0.3) is 50.1 Å². The maximum Gasteiger partial charge on any atom is 0.0756 e. The first-order valence-corrected chi connectivity index (χ1v) is 23.2. The number of rotatable bonds is 10. The molecule has 3 aliphatic rings. The molecule has 6 aromatic rings. The van der Waals surface area contributed by atoms with Gasteiger partial charge in [-0.25, -0.2) is 0 Å². The molecular weight excluding hydrogens is 659 g/mol. The van der Waals surface area contributed by atoms with Crippen molar-refractivity contribution >= 4 is 36.0 Å². The van der Waals surface area contributed by atoms with Crippen LogP contribution in [-0.2, 0) is 24.6 Å². The highest BCUT2D eigenvalue weighted by atomic mass is 28.3. The molecule has 1 aromatic heterocycles. The van der Waals surface area contributed by atoms with Crippen LogP contribution in [0.2, 0.25) is 12.6 Å². The molecule has 0 amide bonds. The van der Waals surface area contributed by atoms with Crippen LogP contribution in [0.5, 0.6) is 0 Å². The molecule has 3 heteroatoms. The largest absolute Gasteiger partial charge is 0.376 e. The highest BCUT2D eigenvalue weighted by Gasteiger charge is 2.51. The Bertz CT molecular complexity index is 2360. The van der Waals surface area contributed by atoms with Crippen molar-refractivity contribution in [3.8, 4) is 22.3 Å². The molecule has 0 saturated carbocycles. The van der Waals surface area contributed by atoms with Gasteiger partial charge in [-0.3, -0.25) is 0 Å². The molecule has 270 valence electrons. The van der Waals surface area contributed by atoms with Gasteiger partial charge in [0, 0.05) is 46.5 Å². The number of fused-ring (bicyclic) bond motifs is 8. The number of unbranched alkanes of at least 4 members (excludes halogenated alkanes) is 3. The maximum atomic E-state index is 6.10. The van der Waals surface area contributed by atoms with E-state index >= 15 is 0 Å². The third kappa shape index (κ3) is 5.78. The zero-order valence-electron chi connectivity index (χ0n) is 32.7. The van der Waals surface area contributed by atoms with Crippen molar-refractivity contribution in [1.29, 1.82) is 0 Å². The number of para-hydroxylation sites is 1. The van der Waals surface area contributed by atoms with E-state index in [-0.39, 0.29) is 5.60 Å². The van der Waals surface area contributed by atoms with E-state index in [9.17, 15) is 0 Å². The van der Waals surface area contributed by atoms with Crippen molar-refractivity contribution in [3.05, 3.63) is 136 Å². The van der Waals surface area contributed by atoms with E-state index in [2.05, 4.69) is 149 Å². The third-order valence-electron chi connectivity index (χ3n) is 13.1. The van der Waals surface area contributed by atoms with Crippen LogP contribution in [0.15, 0.2) is 103 Å². The molecule has 3 aliphatic carbocycles. The fraction of sp³-hybridized carbons (Fsp3) is 0.360. The Balaban J connectivity index is 1.16. The first-order valence-electron chi connectivity index (χ1n) is 20.3. The fourth-order valence-corrected chi connectivity index (χ4v) is 16.8. The summed E-state index contributed by atoms with van der Waals surface area (Å²) in [5.41, 5.74) is 20.4. The van der Waals surface area contributed by atoms with Crippen LogP contribution in [-0.4, -0.2) is 24.8 Å². The van der Waals surface area contributed by atoms with Crippen molar-refractivity contribution in [2.75, 3.05) is 6.61 Å². The van der Waals surface area contributed by atoms with Gasteiger partial charge in [-0.2, -0.15) is 0 Å². The van der Waals surface area contributed by atoms with Crippen molar-refractivity contribution in [1.82, 2.24) is 4.57 Å². The quantitative estimate of drug-likeness (QED) is 0.102. The molecule has 0 spiro atoms. The normalized spacial score (nSPS) is 17.5. The van der Waals surface area contributed by atoms with Crippen LogP contribution in [0.1, 0.15) is 104 Å². The average Bonchev–Trinajstić information content (AvgIpc) is 3.91. The van der Waals surface area contributed by atoms with Crippen LogP contribution in [0.4, 0.5) is 0 Å². The van der Waals surface area contributed by atoms with Gasteiger partial charge >= 0.3 is 0 Å². The summed E-state index contributed by atoms with van der Waals surface area (Å²) in [6.07, 6.45) is 11.2. The number of ether oxygens (including phenoxy) is 1. The van der Waals surface area contributed by atoms with E-state index in [1.807, 2.05) is 0 Å². The van der Waals surface area contributed by atoms with E-state index < -0.39 is 8.07 Å². The van der Waals surface area contributed by atoms with Gasteiger partial charge in [0.1, 0.15) is 0 Å². The van der Waals surface area contributed by atoms with Gasteiger partial charge in [0.15, 0.2) is 0 Å². The first kappa shape index (κ1) is 34.6. The van der Waals surface area contributed by atoms with Gasteiger partial charge in [-0.15, -0.1) is 0 Å². The van der Waals surface area contributed by atoms with E-state index in [0.717, 1.165) is 13.0 Å². The highest BCUT2D eigenvalue weighted by Crippen LogP contribution is 2.58. The van der Waals surface area contributed by atoms with Crippen molar-refractivity contribution in [3.63, 3.8) is 0 Å². The Morgan fingerprint density at radius 3 is 2.15 bits per heavy atom. The van der Waals surface area contributed by atoms with Gasteiger partial charge in [0.05, 0.1) is 13.7 Å². The Hall–Kier alpha value is -4.18. The summed E-state index contributed by atoms with van der Waals surface area (Å²) in [7, 11) is 0.0772. The molecule has 2 nitrogen and oxygen atoms in total. The molecule has 0 bridgehead atoms. The van der Waals surface area contributed by atoms with Crippen LogP contribution >= 0.6 is 0 Å². The van der Waals surface area contributed by atoms with Gasteiger partial charge in [-0.05, 0) is 127 Å². The minimum absolute atomic E-state index is 0.0614. The molecule has 0 saturated heterocycles. The monoisotopic (exact) mass is 713 g/mol. The molecule has 0 aliphatic heterocycles. The lowest BCUT2D eigenvalue weighted by Crippen LogP contribution is -2.45. The minimum Gasteiger partial charge on any atom is -0.376 e. The zero-order valence-corrected chi connectivity index (χ0v) is 33.7. The topological polar surface area (TPSA) is 14.2 Å². The van der Waals surface area contributed by atoms with Gasteiger partial charge < -0.3 is 9.30 Å². The lowest BCUT2D eigenvalue weighted by molar-refractivity contribution is -0.00471. The second-order valence-electron chi connectivity index (χ2n) is 17.6. The Labute approximate surface area is 317 Å². The number of hydrogen-bond acceptors (Lipinski definition) is 1. The molecule has 9 rings (SSSR count). The van der Waals surface area contributed by atoms with Gasteiger partial charge in [0.2, 0.25) is 0 Å². The molecular formula is C50H55NOSi. The smallest absolute Gasteiger partial charge is 0.0756 e. The number of aryl methyl sites for hydroxylation is 2. The van der Waals surface area contributed by atoms with Crippen LogP contribution in [0, 0.1) is 0 Å². The van der Waals surface area contributed by atoms with Crippen LogP contribution in [0.3, 0.4) is 0 Å². The van der Waals surface area contributed by atoms with E-state index in [1.165, 1.54) is 94.2 Å². The predicted octanol–water partition coefficient (Wildman–Crippen LogP) is 13.3. The van der Waals surface area contributed by atoms with Crippen molar-refractivity contribution < 1.29 is 4.74 Å². The maximum absolute atomic E-state index is 6.10. The molecule has 0 fully saturated rings. The minimum atomic E-state index is -2.13. The van der Waals surface area contributed by atoms with Crippen molar-refractivity contribution in [2.45, 2.75) is 102 Å². The SMILES string of the molecule is CC1=Cc2c(cc3c(c2-c2ccc4c(c2)c2ccccc2n4C)CCC3)C1[Si](C)(CCCCCCOC(C)(C)C)C1c2ccccc2-c2ccccc21. The first-order chi connectivity index (χ1) is 25.6. The summed E-state index contributed by atoms with van der Waals surface area (Å²) in [6.45, 7) is 12.6. The van der Waals surface area contributed by atoms with Crippen molar-refractivity contribution in [2.24, 2.45) is 7.05 Å². The number of allylic oxidation sites excluding steroid dienone is 1. The standard InChI is InChI=1S/C50H55NOSi/c1-33-30-43-44(31-34-18-17-24-36(34)47(43)35-26-27-46-42(32-35)39-21-13-14-25-45(39)51(46)5)48(33)53(6,29-16-8-7-15-28-52-50(2,3)4)49-40-22-11-9-19-37(40)38-20-10-12-23-41(38)49/h9-14,19-23,25-27,30-32,48-49H,7-8,15-18,24,28-29H2,1-6H3. The Kier molecular flexibility index (Phi) is 8.67. The number of hydrogen-bond donors (Lipinski definition) is 0. The summed E-state index contributed by atoms with van der Waals surface area (Å²) in [6, 6.07) is 39.1. The average molecular weight is 714 g/mol. The molecule has 5 aromatic carbocycles. The molecule has 0 N–H and O–H groups in total. The van der Waals surface area contributed by atoms with Crippen LogP contribution < -0.4 is 0 Å². The zero-order chi connectivity index (χ0) is 36.5. The Morgan fingerprint density at radius 1 is 0.717 bits per heavy atom. The van der Waals surface area contributed by atoms with E-state index in [0.29, 0.717) is 11.1 Å². The molecule has 2 unspecified atom stereocenters. The second kappa shape index (κ2) is 13.3. The third-order valence-corrected chi connectivity index (χ3v) is 18.6. The lowest BCUT2D eigenvalue weighted by Gasteiger charge is -2.42. The summed E-state index contributed by atoms with van der Waals surface area (Å²) < 4.78 is 8.46. The molecule has 53 heavy (non-hydrogen) atoms. The number of nitrogens with zero attached hydrogens (tertiary/aromatic N) is 1. The lowest BCUT2D eigenvalue weighted by atomic mass is 9.89. The summed E-state index contributed by atoms with van der Waals surface area (Å²) in [4.78, 5) is 0. The summed E-state index contributed by atoms with van der Waals surface area (Å²) >= 11 is 0. The number of aromatic nitrogens is 1. The van der Waals surface area contributed by atoms with Gasteiger partial charge in [0.25, 0.3) is 0 Å². The molecule has 1 heterocycles. The predicted molar refractivity (Wildman–Crippen MR) is 229 cm³/mol. The summed E-state index contributed by atoms with van der Waals surface area (Å²) in [5.74, 6) is 0. The fourth-order valence-electron chi connectivity index (χ4n) is 10.9. The van der Waals surface area contributed by atoms with E-state index in [4.69, 9.17) is 4.74 Å². The number of benzene rings is 5. The van der Waals surface area contributed by atoms with E-state index in [1.54, 1.807) is 33.4 Å². The Morgan fingerprint density at radius 2 is 1.40 bits per heavy atom.